The van der Waals surface area contributed by atoms with Crippen LogP contribution in [0.2, 0.25) is 0 Å². The molecule has 1 unspecified atom stereocenters. The van der Waals surface area contributed by atoms with E-state index >= 15 is 0 Å². The maximum atomic E-state index is 4.59. The van der Waals surface area contributed by atoms with Gasteiger partial charge in [0.15, 0.2) is 0 Å². The molecule has 0 fully saturated rings. The third-order valence-electron chi connectivity index (χ3n) is 2.84. The minimum atomic E-state index is 0.375. The molecule has 1 aliphatic carbocycles. The molecule has 2 rings (SSSR count). The molecule has 1 aromatic rings. The van der Waals surface area contributed by atoms with Gasteiger partial charge in [-0.2, -0.15) is 0 Å². The van der Waals surface area contributed by atoms with Gasteiger partial charge in [-0.05, 0) is 33.6 Å². The highest BCUT2D eigenvalue weighted by Crippen LogP contribution is 2.24. The van der Waals surface area contributed by atoms with Crippen molar-refractivity contribution in [3.63, 3.8) is 0 Å². The first kappa shape index (κ1) is 10.8. The Morgan fingerprint density at radius 2 is 2.07 bits per heavy atom. The molecule has 1 atom stereocenters. The molecule has 0 radical (unpaired) electrons. The van der Waals surface area contributed by atoms with Crippen molar-refractivity contribution in [3.8, 4) is 0 Å². The quantitative estimate of drug-likeness (QED) is 0.795. The molecule has 0 aliphatic heterocycles. The van der Waals surface area contributed by atoms with Gasteiger partial charge in [0.05, 0.1) is 10.7 Å². The second-order valence-electron chi connectivity index (χ2n) is 4.20. The Morgan fingerprint density at radius 1 is 1.40 bits per heavy atom. The van der Waals surface area contributed by atoms with Crippen LogP contribution in [0.25, 0.3) is 0 Å². The van der Waals surface area contributed by atoms with Crippen LogP contribution in [0.1, 0.15) is 41.4 Å². The Morgan fingerprint density at radius 3 is 2.60 bits per heavy atom. The second kappa shape index (κ2) is 4.45. The van der Waals surface area contributed by atoms with E-state index < -0.39 is 0 Å². The van der Waals surface area contributed by atoms with Gasteiger partial charge in [0.1, 0.15) is 0 Å². The summed E-state index contributed by atoms with van der Waals surface area (Å²) in [6, 6.07) is 0.987. The van der Waals surface area contributed by atoms with Crippen molar-refractivity contribution in [1.82, 2.24) is 10.3 Å². The lowest BCUT2D eigenvalue weighted by molar-refractivity contribution is 0.464. The predicted molar refractivity (Wildman–Crippen MR) is 65.3 cm³/mol. The largest absolute Gasteiger partial charge is 0.305 e. The van der Waals surface area contributed by atoms with Gasteiger partial charge in [-0.3, -0.25) is 0 Å². The number of hydrogen-bond donors (Lipinski definition) is 1. The first-order valence-electron chi connectivity index (χ1n) is 5.52. The third kappa shape index (κ3) is 2.47. The zero-order chi connectivity index (χ0) is 10.8. The number of aromatic nitrogens is 1. The summed E-state index contributed by atoms with van der Waals surface area (Å²) >= 11 is 1.79. The highest BCUT2D eigenvalue weighted by atomic mass is 32.1. The Hall–Kier alpha value is -0.670. The summed E-state index contributed by atoms with van der Waals surface area (Å²) in [6.45, 7) is 6.44. The molecular formula is C12H18N2S. The summed E-state index contributed by atoms with van der Waals surface area (Å²) in [4.78, 5) is 5.93. The Bertz CT molecular complexity index is 360. The number of aryl methyl sites for hydroxylation is 2. The maximum absolute atomic E-state index is 4.59. The van der Waals surface area contributed by atoms with Gasteiger partial charge in [0.25, 0.3) is 0 Å². The topological polar surface area (TPSA) is 24.9 Å². The minimum Gasteiger partial charge on any atom is -0.305 e. The molecule has 0 saturated carbocycles. The number of nitrogens with one attached hydrogen (secondary N) is 1. The van der Waals surface area contributed by atoms with Gasteiger partial charge in [-0.1, -0.05) is 12.2 Å². The number of nitrogens with zero attached hydrogens (tertiary/aromatic N) is 1. The van der Waals surface area contributed by atoms with Crippen LogP contribution >= 0.6 is 11.3 Å². The normalized spacial score (nSPS) is 18.6. The summed E-state index contributed by atoms with van der Waals surface area (Å²) < 4.78 is 0. The lowest BCUT2D eigenvalue weighted by atomic mass is 10.1. The van der Waals surface area contributed by atoms with E-state index in [2.05, 4.69) is 43.2 Å². The van der Waals surface area contributed by atoms with E-state index in [4.69, 9.17) is 0 Å². The summed E-state index contributed by atoms with van der Waals surface area (Å²) in [7, 11) is 0. The lowest BCUT2D eigenvalue weighted by Crippen LogP contribution is -2.29. The van der Waals surface area contributed by atoms with E-state index in [-0.39, 0.29) is 0 Å². The molecule has 1 aliphatic rings. The minimum absolute atomic E-state index is 0.375. The summed E-state index contributed by atoms with van der Waals surface area (Å²) in [5, 5.41) is 4.80. The Kier molecular flexibility index (Phi) is 3.22. The molecule has 1 N–H and O–H groups in total. The summed E-state index contributed by atoms with van der Waals surface area (Å²) in [5.74, 6) is 0. The smallest absolute Gasteiger partial charge is 0.0900 e. The van der Waals surface area contributed by atoms with Crippen LogP contribution in [0.5, 0.6) is 0 Å². The van der Waals surface area contributed by atoms with Crippen molar-refractivity contribution in [1.29, 1.82) is 0 Å². The Labute approximate surface area is 95.4 Å². The van der Waals surface area contributed by atoms with Crippen molar-refractivity contribution in [2.45, 2.75) is 45.7 Å². The number of hydrogen-bond acceptors (Lipinski definition) is 3. The van der Waals surface area contributed by atoms with E-state index in [0.717, 1.165) is 12.8 Å². The molecule has 0 aromatic carbocycles. The highest BCUT2D eigenvalue weighted by Gasteiger charge is 2.17. The van der Waals surface area contributed by atoms with Crippen LogP contribution in [0, 0.1) is 13.8 Å². The fourth-order valence-electron chi connectivity index (χ4n) is 2.13. The average molecular weight is 222 g/mol. The maximum Gasteiger partial charge on any atom is 0.0900 e. The summed E-state index contributed by atoms with van der Waals surface area (Å²) in [5.41, 5.74) is 1.23. The van der Waals surface area contributed by atoms with Crippen LogP contribution in [0.3, 0.4) is 0 Å². The molecule has 0 spiro atoms. The zero-order valence-electron chi connectivity index (χ0n) is 9.58. The molecule has 1 aromatic heterocycles. The molecule has 0 bridgehead atoms. The monoisotopic (exact) mass is 222 g/mol. The predicted octanol–water partition coefficient (Wildman–Crippen LogP) is 3.13. The second-order valence-corrected chi connectivity index (χ2v) is 5.61. The molecule has 15 heavy (non-hydrogen) atoms. The van der Waals surface area contributed by atoms with E-state index in [1.54, 1.807) is 11.3 Å². The van der Waals surface area contributed by atoms with Crippen molar-refractivity contribution in [3.05, 3.63) is 27.7 Å². The molecular weight excluding hydrogens is 204 g/mol. The van der Waals surface area contributed by atoms with Crippen molar-refractivity contribution in [2.75, 3.05) is 0 Å². The standard InChI is InChI=1S/C12H18N2S/c1-8(13-11-6-4-5-7-11)12-9(2)15-10(3)14-12/h4-5,8,11,13H,6-7H2,1-3H3. The molecule has 1 heterocycles. The average Bonchev–Trinajstić information content (AvgIpc) is 2.75. The van der Waals surface area contributed by atoms with E-state index in [9.17, 15) is 0 Å². The molecule has 0 saturated heterocycles. The van der Waals surface area contributed by atoms with Gasteiger partial charge < -0.3 is 5.32 Å². The Balaban J connectivity index is 2.00. The van der Waals surface area contributed by atoms with E-state index in [0.29, 0.717) is 12.1 Å². The van der Waals surface area contributed by atoms with Crippen LogP contribution in [-0.4, -0.2) is 11.0 Å². The molecule has 2 nitrogen and oxygen atoms in total. The highest BCUT2D eigenvalue weighted by molar-refractivity contribution is 7.11. The van der Waals surface area contributed by atoms with Gasteiger partial charge in [-0.15, -0.1) is 11.3 Å². The fourth-order valence-corrected chi connectivity index (χ4v) is 3.05. The van der Waals surface area contributed by atoms with Crippen molar-refractivity contribution in [2.24, 2.45) is 0 Å². The van der Waals surface area contributed by atoms with Gasteiger partial charge in [-0.25, -0.2) is 4.98 Å². The van der Waals surface area contributed by atoms with Gasteiger partial charge >= 0.3 is 0 Å². The van der Waals surface area contributed by atoms with Crippen LogP contribution < -0.4 is 5.32 Å². The lowest BCUT2D eigenvalue weighted by Gasteiger charge is -2.18. The van der Waals surface area contributed by atoms with Crippen LogP contribution in [0.15, 0.2) is 12.2 Å². The fraction of sp³-hybridized carbons (Fsp3) is 0.583. The van der Waals surface area contributed by atoms with Gasteiger partial charge in [0.2, 0.25) is 0 Å². The van der Waals surface area contributed by atoms with Crippen LogP contribution in [-0.2, 0) is 0 Å². The van der Waals surface area contributed by atoms with Crippen molar-refractivity contribution < 1.29 is 0 Å². The first-order chi connectivity index (χ1) is 7.16. The molecule has 82 valence electrons. The number of rotatable bonds is 3. The van der Waals surface area contributed by atoms with Crippen LogP contribution in [0.4, 0.5) is 0 Å². The number of thiazole rings is 1. The van der Waals surface area contributed by atoms with E-state index in [1.165, 1.54) is 15.6 Å². The zero-order valence-corrected chi connectivity index (χ0v) is 10.4. The van der Waals surface area contributed by atoms with E-state index in [1.807, 2.05) is 0 Å². The molecule has 0 amide bonds. The van der Waals surface area contributed by atoms with Crippen molar-refractivity contribution >= 4 is 11.3 Å². The SMILES string of the molecule is Cc1nc(C(C)NC2CC=CC2)c(C)s1. The van der Waals surface area contributed by atoms with Gasteiger partial charge in [0, 0.05) is 17.0 Å². The third-order valence-corrected chi connectivity index (χ3v) is 3.75. The summed E-state index contributed by atoms with van der Waals surface area (Å²) in [6.07, 6.45) is 6.83. The molecule has 3 heteroatoms. The first-order valence-corrected chi connectivity index (χ1v) is 6.33.